The Balaban J connectivity index is 1.07. The lowest BCUT2D eigenvalue weighted by molar-refractivity contribution is 0.660. The molecule has 4 nitrogen and oxygen atoms in total. The molecule has 0 fully saturated rings. The highest BCUT2D eigenvalue weighted by atomic mass is 16.3. The van der Waals surface area contributed by atoms with Crippen LogP contribution in [0.2, 0.25) is 0 Å². The predicted octanol–water partition coefficient (Wildman–Crippen LogP) is 14.3. The van der Waals surface area contributed by atoms with Crippen LogP contribution < -0.4 is 4.90 Å². The largest absolute Gasteiger partial charge is 0.455 e. The molecule has 10 aromatic rings. The van der Waals surface area contributed by atoms with Crippen LogP contribution in [0.25, 0.3) is 77.7 Å². The molecule has 0 saturated heterocycles. The molecule has 4 heteroatoms. The number of fused-ring (bicyclic) bond motifs is 7. The van der Waals surface area contributed by atoms with Gasteiger partial charge in [0.15, 0.2) is 5.82 Å². The first-order chi connectivity index (χ1) is 28.0. The first kappa shape index (κ1) is 33.1. The highest BCUT2D eigenvalue weighted by molar-refractivity contribution is 6.09. The van der Waals surface area contributed by atoms with Crippen molar-refractivity contribution in [1.82, 2.24) is 9.97 Å². The van der Waals surface area contributed by atoms with Crippen LogP contribution in [-0.2, 0) is 5.41 Å². The van der Waals surface area contributed by atoms with E-state index in [1.807, 2.05) is 36.4 Å². The molecule has 2 heterocycles. The molecule has 2 aromatic heterocycles. The average molecular weight is 732 g/mol. The Morgan fingerprint density at radius 1 is 0.456 bits per heavy atom. The summed E-state index contributed by atoms with van der Waals surface area (Å²) in [5.41, 5.74) is 16.2. The summed E-state index contributed by atoms with van der Waals surface area (Å²) in [7, 11) is 0. The molecule has 0 spiro atoms. The average Bonchev–Trinajstić information content (AvgIpc) is 3.77. The number of benzene rings is 8. The number of nitrogens with zero attached hydrogens (tertiary/aromatic N) is 3. The van der Waals surface area contributed by atoms with Crippen molar-refractivity contribution >= 4 is 49.9 Å². The van der Waals surface area contributed by atoms with Crippen LogP contribution in [0.3, 0.4) is 0 Å². The third kappa shape index (κ3) is 5.29. The summed E-state index contributed by atoms with van der Waals surface area (Å²) >= 11 is 0. The van der Waals surface area contributed by atoms with Crippen molar-refractivity contribution in [3.05, 3.63) is 199 Å². The molecule has 0 unspecified atom stereocenters. The van der Waals surface area contributed by atoms with Gasteiger partial charge in [-0.1, -0.05) is 159 Å². The van der Waals surface area contributed by atoms with Crippen molar-refractivity contribution in [2.75, 3.05) is 4.90 Å². The van der Waals surface area contributed by atoms with Gasteiger partial charge in [-0.15, -0.1) is 0 Å². The lowest BCUT2D eigenvalue weighted by atomic mass is 9.82. The molecular weight excluding hydrogens is 695 g/mol. The summed E-state index contributed by atoms with van der Waals surface area (Å²) < 4.78 is 6.44. The van der Waals surface area contributed by atoms with Gasteiger partial charge in [-0.05, 0) is 64.7 Å². The number of hydrogen-bond acceptors (Lipinski definition) is 4. The van der Waals surface area contributed by atoms with Crippen molar-refractivity contribution in [3.63, 3.8) is 0 Å². The molecule has 1 aliphatic rings. The van der Waals surface area contributed by atoms with Crippen LogP contribution in [0.5, 0.6) is 0 Å². The highest BCUT2D eigenvalue weighted by Gasteiger charge is 2.37. The van der Waals surface area contributed by atoms with E-state index in [1.54, 1.807) is 0 Å². The van der Waals surface area contributed by atoms with Crippen LogP contribution in [0.4, 0.5) is 17.1 Å². The monoisotopic (exact) mass is 731 g/mol. The standard InChI is InChI=1S/C53H37N3O/c1-53(2)44-21-9-6-17-42(44)49-45(53)22-13-24-47(49)56(37-30-26-34(27-31-37)39-19-12-20-41-40-16-8-11-25-48(40)57-51(39)41)38-32-28-35(29-33-38)50-43-18-7-10-23-46(43)54-52(55-50)36-14-4-3-5-15-36/h3-33H,1-2H3. The maximum atomic E-state index is 6.44. The van der Waals surface area contributed by atoms with Gasteiger partial charge in [0.05, 0.1) is 16.9 Å². The lowest BCUT2D eigenvalue weighted by Gasteiger charge is -2.29. The summed E-state index contributed by atoms with van der Waals surface area (Å²) in [5, 5.41) is 3.28. The van der Waals surface area contributed by atoms with Gasteiger partial charge in [0.1, 0.15) is 11.2 Å². The Kier molecular flexibility index (Phi) is 7.48. The minimum Gasteiger partial charge on any atom is -0.455 e. The zero-order valence-electron chi connectivity index (χ0n) is 31.6. The summed E-state index contributed by atoms with van der Waals surface area (Å²) in [6.45, 7) is 4.67. The second kappa shape index (κ2) is 12.9. The number of rotatable bonds is 6. The minimum absolute atomic E-state index is 0.128. The first-order valence-electron chi connectivity index (χ1n) is 19.5. The fourth-order valence-electron chi connectivity index (χ4n) is 8.89. The van der Waals surface area contributed by atoms with E-state index in [4.69, 9.17) is 14.4 Å². The quantitative estimate of drug-likeness (QED) is 0.171. The maximum absolute atomic E-state index is 6.44. The zero-order valence-corrected chi connectivity index (χ0v) is 31.6. The number of aromatic nitrogens is 2. The number of anilines is 3. The SMILES string of the molecule is CC1(C)c2ccccc2-c2c(N(c3ccc(-c4nc(-c5ccccc5)nc5ccccc45)cc3)c3ccc(-c4cccc5c4oc4ccccc45)cc3)cccc21. The maximum Gasteiger partial charge on any atom is 0.160 e. The predicted molar refractivity (Wildman–Crippen MR) is 235 cm³/mol. The molecule has 8 aromatic carbocycles. The van der Waals surface area contributed by atoms with Crippen molar-refractivity contribution in [1.29, 1.82) is 0 Å². The molecule has 0 saturated carbocycles. The van der Waals surface area contributed by atoms with E-state index in [-0.39, 0.29) is 5.41 Å². The summed E-state index contributed by atoms with van der Waals surface area (Å²) in [6, 6.07) is 66.5. The van der Waals surface area contributed by atoms with Crippen molar-refractivity contribution in [3.8, 4) is 44.9 Å². The molecular formula is C53H37N3O. The molecule has 0 aliphatic heterocycles. The normalized spacial score (nSPS) is 12.9. The molecule has 0 amide bonds. The van der Waals surface area contributed by atoms with E-state index < -0.39 is 0 Å². The summed E-state index contributed by atoms with van der Waals surface area (Å²) in [4.78, 5) is 12.5. The number of hydrogen-bond donors (Lipinski definition) is 0. The van der Waals surface area contributed by atoms with Gasteiger partial charge in [0, 0.05) is 55.2 Å². The number of para-hydroxylation sites is 3. The molecule has 1 aliphatic carbocycles. The van der Waals surface area contributed by atoms with Crippen molar-refractivity contribution in [2.45, 2.75) is 19.3 Å². The zero-order chi connectivity index (χ0) is 38.1. The van der Waals surface area contributed by atoms with Crippen LogP contribution in [0.15, 0.2) is 192 Å². The van der Waals surface area contributed by atoms with Gasteiger partial charge >= 0.3 is 0 Å². The second-order valence-corrected chi connectivity index (χ2v) is 15.4. The molecule has 0 bridgehead atoms. The van der Waals surface area contributed by atoms with E-state index in [1.165, 1.54) is 22.3 Å². The van der Waals surface area contributed by atoms with Crippen LogP contribution in [0.1, 0.15) is 25.0 Å². The van der Waals surface area contributed by atoms with E-state index in [9.17, 15) is 0 Å². The molecule has 57 heavy (non-hydrogen) atoms. The van der Waals surface area contributed by atoms with Crippen LogP contribution >= 0.6 is 0 Å². The smallest absolute Gasteiger partial charge is 0.160 e. The third-order valence-corrected chi connectivity index (χ3v) is 11.7. The van der Waals surface area contributed by atoms with Gasteiger partial charge in [-0.3, -0.25) is 0 Å². The van der Waals surface area contributed by atoms with Crippen molar-refractivity contribution < 1.29 is 4.42 Å². The lowest BCUT2D eigenvalue weighted by Crippen LogP contribution is -2.16. The third-order valence-electron chi connectivity index (χ3n) is 11.7. The summed E-state index contributed by atoms with van der Waals surface area (Å²) in [6.07, 6.45) is 0. The van der Waals surface area contributed by atoms with Gasteiger partial charge in [-0.25, -0.2) is 9.97 Å². The second-order valence-electron chi connectivity index (χ2n) is 15.4. The van der Waals surface area contributed by atoms with E-state index in [0.717, 1.165) is 83.7 Å². The number of furan rings is 1. The molecule has 0 radical (unpaired) electrons. The van der Waals surface area contributed by atoms with Gasteiger partial charge < -0.3 is 9.32 Å². The Morgan fingerprint density at radius 3 is 1.88 bits per heavy atom. The molecule has 0 atom stereocenters. The fourth-order valence-corrected chi connectivity index (χ4v) is 8.89. The molecule has 0 N–H and O–H groups in total. The highest BCUT2D eigenvalue weighted by Crippen LogP contribution is 2.54. The van der Waals surface area contributed by atoms with Crippen molar-refractivity contribution in [2.24, 2.45) is 0 Å². The topological polar surface area (TPSA) is 42.2 Å². The fraction of sp³-hybridized carbons (Fsp3) is 0.0566. The first-order valence-corrected chi connectivity index (χ1v) is 19.5. The summed E-state index contributed by atoms with van der Waals surface area (Å²) in [5.74, 6) is 0.717. The molecule has 270 valence electrons. The van der Waals surface area contributed by atoms with Gasteiger partial charge in [0.2, 0.25) is 0 Å². The van der Waals surface area contributed by atoms with Crippen LogP contribution in [-0.4, -0.2) is 9.97 Å². The Bertz CT molecular complexity index is 3140. The minimum atomic E-state index is -0.128. The molecule has 11 rings (SSSR count). The Hall–Kier alpha value is -7.30. The van der Waals surface area contributed by atoms with E-state index in [0.29, 0.717) is 0 Å². The van der Waals surface area contributed by atoms with Crippen LogP contribution in [0, 0.1) is 0 Å². The van der Waals surface area contributed by atoms with E-state index >= 15 is 0 Å². The van der Waals surface area contributed by atoms with Gasteiger partial charge in [-0.2, -0.15) is 0 Å². The Labute approximate surface area is 331 Å². The van der Waals surface area contributed by atoms with Gasteiger partial charge in [0.25, 0.3) is 0 Å². The van der Waals surface area contributed by atoms with E-state index in [2.05, 4.69) is 170 Å². The Morgan fingerprint density at radius 2 is 1.07 bits per heavy atom.